The fourth-order valence-electron chi connectivity index (χ4n) is 17.7. The molecule has 4 heterocycles. The first-order valence-corrected chi connectivity index (χ1v) is 34.3. The van der Waals surface area contributed by atoms with Crippen LogP contribution in [0.3, 0.4) is 0 Å². The Balaban J connectivity index is 1.09. The van der Waals surface area contributed by atoms with E-state index in [-0.39, 0.29) is 39.3 Å². The molecule has 4 nitrogen and oxygen atoms in total. The minimum absolute atomic E-state index is 0.0681. The highest BCUT2D eigenvalue weighted by Crippen LogP contribution is 2.65. The van der Waals surface area contributed by atoms with Crippen LogP contribution in [0.4, 0.5) is 62.6 Å². The van der Waals surface area contributed by atoms with Crippen LogP contribution in [-0.2, 0) is 32.5 Å². The predicted molar refractivity (Wildman–Crippen MR) is 394 cm³/mol. The van der Waals surface area contributed by atoms with Crippen LogP contribution in [0.5, 0.6) is 0 Å². The maximum Gasteiger partial charge on any atom is 0.252 e. The smallest absolute Gasteiger partial charge is 0.252 e. The van der Waals surface area contributed by atoms with Crippen molar-refractivity contribution in [3.63, 3.8) is 0 Å². The molecule has 0 aromatic heterocycles. The van der Waals surface area contributed by atoms with E-state index in [0.29, 0.717) is 0 Å². The Bertz CT molecular complexity index is 4580. The van der Waals surface area contributed by atoms with Crippen molar-refractivity contribution in [1.29, 1.82) is 0 Å². The van der Waals surface area contributed by atoms with Crippen molar-refractivity contribution >= 4 is 85.7 Å². The van der Waals surface area contributed by atoms with Crippen molar-refractivity contribution in [3.05, 3.63) is 251 Å². The highest BCUT2D eigenvalue weighted by molar-refractivity contribution is 7.00. The molecule has 6 bridgehead atoms. The second kappa shape index (κ2) is 20.2. The first-order valence-electron chi connectivity index (χ1n) is 34.3. The van der Waals surface area contributed by atoms with Crippen LogP contribution in [0, 0.1) is 0 Å². The van der Waals surface area contributed by atoms with Gasteiger partial charge in [-0.1, -0.05) is 218 Å². The van der Waals surface area contributed by atoms with Crippen LogP contribution < -0.4 is 36.0 Å². The second-order valence-corrected chi connectivity index (χ2v) is 32.4. The van der Waals surface area contributed by atoms with Gasteiger partial charge < -0.3 is 19.6 Å². The third-order valence-corrected chi connectivity index (χ3v) is 23.3. The van der Waals surface area contributed by atoms with Crippen molar-refractivity contribution in [1.82, 2.24) is 0 Å². The van der Waals surface area contributed by atoms with Crippen molar-refractivity contribution < 1.29 is 0 Å². The number of rotatable bonds is 7. The molecule has 3 unspecified atom stereocenters. The lowest BCUT2D eigenvalue weighted by molar-refractivity contribution is 0.195. The molecular weight excluding hydrogens is 1110 g/mol. The van der Waals surface area contributed by atoms with Gasteiger partial charge in [0.1, 0.15) is 0 Å². The summed E-state index contributed by atoms with van der Waals surface area (Å²) in [6, 6.07) is 83.7. The standard InChI is InChI=1S/C87H89BN4/c1-81(2,3)58-37-40-72(64(47-58)56-29-19-15-20-30-56)90-74-42-39-63-51-70(74)88-71-52-67-66(53-77(71)91(79-50-60(83(7,8)9)49-78(90)80(79)88)73-41-38-59(82(4,5)6)48-65(73)57-31-21-16-22-32-57)84(10,11)45-46-85(67,12)68-54-76-69(86(13)43-27-28-44-87(86,14)92(63)76)55-75(68)89(61-33-23-17-24-34-61)62-35-25-18-26-36-62/h15-26,29-42,47-55H,27-28,43-46H2,1-14H3. The molecule has 0 spiro atoms. The highest BCUT2D eigenvalue weighted by Gasteiger charge is 2.60. The Hall–Kier alpha value is -8.54. The van der Waals surface area contributed by atoms with Crippen LogP contribution >= 0.6 is 0 Å². The lowest BCUT2D eigenvalue weighted by atomic mass is 9.33. The molecule has 16 rings (SSSR count). The van der Waals surface area contributed by atoms with E-state index in [9.17, 15) is 0 Å². The summed E-state index contributed by atoms with van der Waals surface area (Å²) in [5.41, 5.74) is 31.1. The van der Waals surface area contributed by atoms with E-state index >= 15 is 0 Å². The maximum atomic E-state index is 2.90. The van der Waals surface area contributed by atoms with Gasteiger partial charge >= 0.3 is 0 Å². The van der Waals surface area contributed by atoms with Crippen molar-refractivity contribution in [3.8, 4) is 22.3 Å². The van der Waals surface area contributed by atoms with E-state index in [1.807, 2.05) is 0 Å². The minimum atomic E-state index is -0.420. The Morgan fingerprint density at radius 2 is 0.870 bits per heavy atom. The lowest BCUT2D eigenvalue weighted by Crippen LogP contribution is -2.62. The molecule has 4 aliphatic heterocycles. The zero-order chi connectivity index (χ0) is 63.8. The molecule has 460 valence electrons. The molecule has 0 amide bonds. The zero-order valence-corrected chi connectivity index (χ0v) is 56.8. The van der Waals surface area contributed by atoms with E-state index in [0.717, 1.165) is 25.7 Å². The first-order chi connectivity index (χ1) is 43.9. The first kappa shape index (κ1) is 58.5. The van der Waals surface area contributed by atoms with E-state index in [1.165, 1.54) is 153 Å². The van der Waals surface area contributed by atoms with E-state index < -0.39 is 5.41 Å². The van der Waals surface area contributed by atoms with Gasteiger partial charge in [-0.25, -0.2) is 0 Å². The lowest BCUT2D eigenvalue weighted by Gasteiger charge is -2.51. The van der Waals surface area contributed by atoms with Gasteiger partial charge in [0.2, 0.25) is 0 Å². The van der Waals surface area contributed by atoms with E-state index in [1.54, 1.807) is 0 Å². The van der Waals surface area contributed by atoms with Gasteiger partial charge in [-0.3, -0.25) is 0 Å². The van der Waals surface area contributed by atoms with Crippen LogP contribution in [-0.4, -0.2) is 12.3 Å². The number of hydrogen-bond donors (Lipinski definition) is 0. The van der Waals surface area contributed by atoms with E-state index in [4.69, 9.17) is 0 Å². The molecule has 0 saturated heterocycles. The van der Waals surface area contributed by atoms with Gasteiger partial charge in [0, 0.05) is 67.5 Å². The summed E-state index contributed by atoms with van der Waals surface area (Å²) >= 11 is 0. The van der Waals surface area contributed by atoms with Crippen LogP contribution in [0.2, 0.25) is 0 Å². The van der Waals surface area contributed by atoms with Gasteiger partial charge in [0.15, 0.2) is 0 Å². The molecule has 92 heavy (non-hydrogen) atoms. The van der Waals surface area contributed by atoms with Gasteiger partial charge in [-0.15, -0.1) is 0 Å². The average molecular weight is 1200 g/mol. The molecule has 0 N–H and O–H groups in total. The van der Waals surface area contributed by atoms with Gasteiger partial charge in [-0.2, -0.15) is 0 Å². The fraction of sp³-hybridized carbons (Fsp3) is 0.310. The minimum Gasteiger partial charge on any atom is -0.334 e. The normalized spacial score (nSPS) is 20.6. The predicted octanol–water partition coefficient (Wildman–Crippen LogP) is 21.9. The van der Waals surface area contributed by atoms with Crippen molar-refractivity contribution in [2.45, 2.75) is 173 Å². The summed E-state index contributed by atoms with van der Waals surface area (Å²) in [7, 11) is 0. The van der Waals surface area contributed by atoms with Gasteiger partial charge in [0.05, 0.1) is 22.6 Å². The monoisotopic (exact) mass is 1200 g/mol. The molecule has 10 aromatic rings. The number of fused-ring (bicyclic) bond motifs is 7. The second-order valence-electron chi connectivity index (χ2n) is 32.4. The van der Waals surface area contributed by atoms with Crippen LogP contribution in [0.25, 0.3) is 22.3 Å². The quantitative estimate of drug-likeness (QED) is 0.147. The molecule has 0 radical (unpaired) electrons. The number of hydrogen-bond acceptors (Lipinski definition) is 4. The Morgan fingerprint density at radius 1 is 0.380 bits per heavy atom. The highest BCUT2D eigenvalue weighted by atomic mass is 15.3. The molecule has 5 heteroatoms. The third-order valence-electron chi connectivity index (χ3n) is 23.3. The molecule has 1 fully saturated rings. The van der Waals surface area contributed by atoms with Gasteiger partial charge in [-0.05, 0) is 218 Å². The third kappa shape index (κ3) is 8.61. The molecule has 2 aliphatic carbocycles. The maximum absolute atomic E-state index is 2.90. The Labute approximate surface area is 549 Å². The average Bonchev–Trinajstić information content (AvgIpc) is 1.20. The molecule has 3 atom stereocenters. The van der Waals surface area contributed by atoms with Crippen molar-refractivity contribution in [2.75, 3.05) is 19.6 Å². The van der Waals surface area contributed by atoms with Crippen LogP contribution in [0.15, 0.2) is 212 Å². The summed E-state index contributed by atoms with van der Waals surface area (Å²) in [5.74, 6) is 0. The summed E-state index contributed by atoms with van der Waals surface area (Å²) in [6.45, 7) is 34.2. The van der Waals surface area contributed by atoms with E-state index in [2.05, 4.69) is 329 Å². The number of benzene rings is 10. The summed E-state index contributed by atoms with van der Waals surface area (Å²) < 4.78 is 0. The van der Waals surface area contributed by atoms with Crippen LogP contribution in [0.1, 0.15) is 174 Å². The van der Waals surface area contributed by atoms with Gasteiger partial charge in [0.25, 0.3) is 6.71 Å². The molecule has 6 aliphatic rings. The zero-order valence-electron chi connectivity index (χ0n) is 56.8. The number of nitrogens with zero attached hydrogens (tertiary/aromatic N) is 4. The number of anilines is 11. The Morgan fingerprint density at radius 3 is 1.41 bits per heavy atom. The summed E-state index contributed by atoms with van der Waals surface area (Å²) in [4.78, 5) is 11.0. The SMILES string of the molecule is CC(C)(C)c1ccc(N2c3ccc4cc3B3c5cc6c(cc5N(c5ccc(C(C)(C)C)cc5-c5ccccc5)c5cc(C(C)(C)C)cc2c53)C(C)(C)CCC6(C)c2cc3c(cc2N(c2ccccc2)c2ccccc2)C2(C)CCCCC2(C)N43)c(-c2ccccc2)c1. The topological polar surface area (TPSA) is 13.0 Å². The largest absolute Gasteiger partial charge is 0.334 e. The molecular formula is C87H89BN4. The number of para-hydroxylation sites is 2. The van der Waals surface area contributed by atoms with Crippen molar-refractivity contribution in [2.24, 2.45) is 0 Å². The summed E-state index contributed by atoms with van der Waals surface area (Å²) in [5, 5.41) is 0. The molecule has 1 saturated carbocycles. The summed E-state index contributed by atoms with van der Waals surface area (Å²) in [6.07, 6.45) is 6.66. The fourth-order valence-corrected chi connectivity index (χ4v) is 17.7. The molecule has 10 aromatic carbocycles. The Kier molecular flexibility index (Phi) is 12.9.